The Labute approximate surface area is 121 Å². The van der Waals surface area contributed by atoms with Gasteiger partial charge < -0.3 is 5.11 Å². The van der Waals surface area contributed by atoms with Gasteiger partial charge in [-0.1, -0.05) is 13.0 Å². The molecule has 2 nitrogen and oxygen atoms in total. The van der Waals surface area contributed by atoms with E-state index >= 15 is 0 Å². The summed E-state index contributed by atoms with van der Waals surface area (Å²) in [5.74, 6) is 0.0763. The Morgan fingerprint density at radius 2 is 2.11 bits per heavy atom. The van der Waals surface area contributed by atoms with Gasteiger partial charge in [0.2, 0.25) is 0 Å². The van der Waals surface area contributed by atoms with E-state index in [4.69, 9.17) is 0 Å². The van der Waals surface area contributed by atoms with Crippen LogP contribution < -0.4 is 0 Å². The highest BCUT2D eigenvalue weighted by Crippen LogP contribution is 2.33. The number of carbonyl (C=O) groups excluding carboxylic acids is 1. The number of halogens is 2. The van der Waals surface area contributed by atoms with Crippen molar-refractivity contribution in [3.05, 3.63) is 34.1 Å². The predicted molar refractivity (Wildman–Crippen MR) is 75.4 cm³/mol. The van der Waals surface area contributed by atoms with E-state index in [2.05, 4.69) is 22.9 Å². The molecule has 0 radical (unpaired) electrons. The average molecular weight is 329 g/mol. The van der Waals surface area contributed by atoms with E-state index < -0.39 is 5.60 Å². The van der Waals surface area contributed by atoms with Crippen LogP contribution >= 0.6 is 15.9 Å². The molecule has 0 bridgehead atoms. The molecule has 0 spiro atoms. The highest BCUT2D eigenvalue weighted by molar-refractivity contribution is 9.10. The number of Topliss-reactive ketones (excluding diaryl/α,β-unsaturated/α-hetero) is 1. The fourth-order valence-electron chi connectivity index (χ4n) is 2.52. The summed E-state index contributed by atoms with van der Waals surface area (Å²) >= 11 is 3.10. The molecule has 0 saturated heterocycles. The molecule has 1 aliphatic carbocycles. The second-order valence-electron chi connectivity index (χ2n) is 5.56. The summed E-state index contributed by atoms with van der Waals surface area (Å²) in [7, 11) is 0. The maximum absolute atomic E-state index is 13.1. The van der Waals surface area contributed by atoms with Crippen LogP contribution in [0, 0.1) is 11.7 Å². The van der Waals surface area contributed by atoms with Gasteiger partial charge in [0.15, 0.2) is 5.78 Å². The number of hydrogen-bond donors (Lipinski definition) is 1. The van der Waals surface area contributed by atoms with Crippen molar-refractivity contribution in [1.29, 1.82) is 0 Å². The first-order valence-corrected chi connectivity index (χ1v) is 7.39. The molecule has 104 valence electrons. The third kappa shape index (κ3) is 3.42. The van der Waals surface area contributed by atoms with Crippen molar-refractivity contribution < 1.29 is 14.3 Å². The summed E-state index contributed by atoms with van der Waals surface area (Å²) in [4.78, 5) is 12.2. The predicted octanol–water partition coefficient (Wildman–Crippen LogP) is 3.64. The first-order valence-electron chi connectivity index (χ1n) is 6.60. The summed E-state index contributed by atoms with van der Waals surface area (Å²) < 4.78 is 13.5. The maximum atomic E-state index is 13.1. The first kappa shape index (κ1) is 14.7. The molecule has 1 fully saturated rings. The molecule has 4 heteroatoms. The topological polar surface area (TPSA) is 37.3 Å². The van der Waals surface area contributed by atoms with Crippen molar-refractivity contribution in [1.82, 2.24) is 0 Å². The molecule has 1 saturated carbocycles. The lowest BCUT2D eigenvalue weighted by Gasteiger charge is -2.33. The third-order valence-electron chi connectivity index (χ3n) is 3.97. The van der Waals surface area contributed by atoms with Crippen molar-refractivity contribution in [2.45, 2.75) is 44.6 Å². The van der Waals surface area contributed by atoms with Gasteiger partial charge in [-0.3, -0.25) is 4.79 Å². The smallest absolute Gasteiger partial charge is 0.168 e. The average Bonchev–Trinajstić information content (AvgIpc) is 2.37. The van der Waals surface area contributed by atoms with Crippen LogP contribution in [0.2, 0.25) is 0 Å². The minimum absolute atomic E-state index is 0.155. The second-order valence-corrected chi connectivity index (χ2v) is 6.42. The fourth-order valence-corrected chi connectivity index (χ4v) is 2.94. The molecule has 1 aliphatic rings. The van der Waals surface area contributed by atoms with E-state index in [-0.39, 0.29) is 18.0 Å². The standard InChI is InChI=1S/C15H18BrFO2/c1-10-4-6-15(19,7-5-10)14(18)9-11-2-3-13(17)12(16)8-11/h2-3,8,10,19H,4-7,9H2,1H3. The summed E-state index contributed by atoms with van der Waals surface area (Å²) in [6, 6.07) is 4.52. The monoisotopic (exact) mass is 328 g/mol. The number of ketones is 1. The highest BCUT2D eigenvalue weighted by atomic mass is 79.9. The van der Waals surface area contributed by atoms with Crippen molar-refractivity contribution in [2.75, 3.05) is 0 Å². The van der Waals surface area contributed by atoms with Gasteiger partial charge in [-0.2, -0.15) is 0 Å². The summed E-state index contributed by atoms with van der Waals surface area (Å²) in [5, 5.41) is 10.4. The minimum Gasteiger partial charge on any atom is -0.382 e. The zero-order valence-electron chi connectivity index (χ0n) is 11.0. The zero-order valence-corrected chi connectivity index (χ0v) is 12.5. The van der Waals surface area contributed by atoms with E-state index in [1.54, 1.807) is 12.1 Å². The highest BCUT2D eigenvalue weighted by Gasteiger charge is 2.38. The Bertz CT molecular complexity index is 479. The van der Waals surface area contributed by atoms with Gasteiger partial charge in [-0.05, 0) is 65.2 Å². The van der Waals surface area contributed by atoms with Crippen LogP contribution in [0.3, 0.4) is 0 Å². The Hall–Kier alpha value is -0.740. The molecule has 2 rings (SSSR count). The normalized spacial score (nSPS) is 27.3. The van der Waals surface area contributed by atoms with Crippen LogP contribution in [0.1, 0.15) is 38.2 Å². The van der Waals surface area contributed by atoms with Gasteiger partial charge in [0, 0.05) is 6.42 Å². The molecule has 0 heterocycles. The van der Waals surface area contributed by atoms with Crippen LogP contribution in [-0.2, 0) is 11.2 Å². The molecular weight excluding hydrogens is 311 g/mol. The molecule has 0 aliphatic heterocycles. The van der Waals surface area contributed by atoms with Crippen molar-refractivity contribution in [3.63, 3.8) is 0 Å². The largest absolute Gasteiger partial charge is 0.382 e. The summed E-state index contributed by atoms with van der Waals surface area (Å²) in [5.41, 5.74) is -0.460. The molecule has 1 aromatic carbocycles. The van der Waals surface area contributed by atoms with Crippen LogP contribution in [0.4, 0.5) is 4.39 Å². The molecule has 19 heavy (non-hydrogen) atoms. The van der Waals surface area contributed by atoms with Crippen molar-refractivity contribution in [2.24, 2.45) is 5.92 Å². The van der Waals surface area contributed by atoms with E-state index in [1.165, 1.54) is 6.07 Å². The SMILES string of the molecule is CC1CCC(O)(C(=O)Cc2ccc(F)c(Br)c2)CC1. The number of rotatable bonds is 3. The van der Waals surface area contributed by atoms with Crippen LogP contribution in [0.15, 0.2) is 22.7 Å². The quantitative estimate of drug-likeness (QED) is 0.919. The van der Waals surface area contributed by atoms with E-state index in [0.29, 0.717) is 23.2 Å². The second kappa shape index (κ2) is 5.71. The Morgan fingerprint density at radius 1 is 1.47 bits per heavy atom. The Morgan fingerprint density at radius 3 is 2.68 bits per heavy atom. The van der Waals surface area contributed by atoms with Crippen LogP contribution in [0.5, 0.6) is 0 Å². The van der Waals surface area contributed by atoms with Gasteiger partial charge in [-0.15, -0.1) is 0 Å². The number of benzene rings is 1. The van der Waals surface area contributed by atoms with Gasteiger partial charge in [-0.25, -0.2) is 4.39 Å². The van der Waals surface area contributed by atoms with Gasteiger partial charge in [0.05, 0.1) is 4.47 Å². The van der Waals surface area contributed by atoms with Crippen molar-refractivity contribution >= 4 is 21.7 Å². The lowest BCUT2D eigenvalue weighted by molar-refractivity contribution is -0.140. The molecule has 1 aromatic rings. The number of hydrogen-bond acceptors (Lipinski definition) is 2. The van der Waals surface area contributed by atoms with E-state index in [0.717, 1.165) is 18.4 Å². The van der Waals surface area contributed by atoms with E-state index in [1.807, 2.05) is 0 Å². The molecule has 0 unspecified atom stereocenters. The Balaban J connectivity index is 2.06. The lowest BCUT2D eigenvalue weighted by Crippen LogP contribution is -2.42. The van der Waals surface area contributed by atoms with Gasteiger partial charge in [0.1, 0.15) is 11.4 Å². The molecule has 0 amide bonds. The zero-order chi connectivity index (χ0) is 14.0. The van der Waals surface area contributed by atoms with Crippen molar-refractivity contribution in [3.8, 4) is 0 Å². The van der Waals surface area contributed by atoms with E-state index in [9.17, 15) is 14.3 Å². The summed E-state index contributed by atoms with van der Waals surface area (Å²) in [6.07, 6.45) is 3.00. The molecular formula is C15H18BrFO2. The first-order chi connectivity index (χ1) is 8.90. The number of aliphatic hydroxyl groups is 1. The number of carbonyl (C=O) groups is 1. The third-order valence-corrected chi connectivity index (χ3v) is 4.58. The van der Waals surface area contributed by atoms with Crippen LogP contribution in [-0.4, -0.2) is 16.5 Å². The lowest BCUT2D eigenvalue weighted by atomic mass is 9.76. The molecule has 1 N–H and O–H groups in total. The van der Waals surface area contributed by atoms with Crippen LogP contribution in [0.25, 0.3) is 0 Å². The van der Waals surface area contributed by atoms with Gasteiger partial charge >= 0.3 is 0 Å². The Kier molecular flexibility index (Phi) is 4.41. The molecule has 0 aromatic heterocycles. The molecule has 0 atom stereocenters. The van der Waals surface area contributed by atoms with Gasteiger partial charge in [0.25, 0.3) is 0 Å². The minimum atomic E-state index is -1.19. The summed E-state index contributed by atoms with van der Waals surface area (Å²) in [6.45, 7) is 2.14. The maximum Gasteiger partial charge on any atom is 0.168 e. The fraction of sp³-hybridized carbons (Fsp3) is 0.533.